The molecule has 0 fully saturated rings. The van der Waals surface area contributed by atoms with E-state index in [1.807, 2.05) is 29.6 Å². The Labute approximate surface area is 112 Å². The van der Waals surface area contributed by atoms with Gasteiger partial charge in [0, 0.05) is 16.9 Å². The van der Waals surface area contributed by atoms with Gasteiger partial charge in [-0.1, -0.05) is 44.2 Å². The number of rotatable bonds is 5. The highest BCUT2D eigenvalue weighted by atomic mass is 32.1. The van der Waals surface area contributed by atoms with Crippen molar-refractivity contribution in [2.75, 3.05) is 0 Å². The molecule has 2 aromatic rings. The summed E-state index contributed by atoms with van der Waals surface area (Å²) >= 11 is 1.64. The number of benzene rings is 1. The second-order valence-corrected chi connectivity index (χ2v) is 6.01. The molecule has 1 heterocycles. The lowest BCUT2D eigenvalue weighted by atomic mass is 10.00. The van der Waals surface area contributed by atoms with Crippen molar-refractivity contribution < 1.29 is 4.79 Å². The Hall–Kier alpha value is -1.41. The van der Waals surface area contributed by atoms with Gasteiger partial charge in [0.2, 0.25) is 0 Å². The van der Waals surface area contributed by atoms with Crippen molar-refractivity contribution in [3.63, 3.8) is 0 Å². The van der Waals surface area contributed by atoms with Crippen molar-refractivity contribution in [3.05, 3.63) is 57.8 Å². The fourth-order valence-electron chi connectivity index (χ4n) is 1.97. The summed E-state index contributed by atoms with van der Waals surface area (Å²) in [6.45, 7) is 4.41. The monoisotopic (exact) mass is 258 g/mol. The van der Waals surface area contributed by atoms with E-state index >= 15 is 0 Å². The van der Waals surface area contributed by atoms with Gasteiger partial charge in [0.25, 0.3) is 0 Å². The summed E-state index contributed by atoms with van der Waals surface area (Å²) in [5.41, 5.74) is 2.12. The lowest BCUT2D eigenvalue weighted by Gasteiger charge is -2.05. The highest BCUT2D eigenvalue weighted by molar-refractivity contribution is 7.10. The zero-order valence-electron chi connectivity index (χ0n) is 10.8. The summed E-state index contributed by atoms with van der Waals surface area (Å²) in [5.74, 6) is 0.853. The normalized spacial score (nSPS) is 10.8. The van der Waals surface area contributed by atoms with Crippen molar-refractivity contribution in [3.8, 4) is 0 Å². The standard InChI is InChI=1S/C16H18OS/c1-12(2)10-13-5-7-14(8-6-13)16(17)11-15-4-3-9-18-15/h3-9,12H,10-11H2,1-2H3. The van der Waals surface area contributed by atoms with Crippen LogP contribution in [0, 0.1) is 5.92 Å². The largest absolute Gasteiger partial charge is 0.294 e. The van der Waals surface area contributed by atoms with Gasteiger partial charge in [0.15, 0.2) is 5.78 Å². The second kappa shape index (κ2) is 5.96. The minimum absolute atomic E-state index is 0.202. The molecule has 18 heavy (non-hydrogen) atoms. The quantitative estimate of drug-likeness (QED) is 0.728. The molecule has 1 aromatic carbocycles. The molecule has 0 spiro atoms. The number of ketones is 1. The molecular formula is C16H18OS. The van der Waals surface area contributed by atoms with Crippen LogP contribution in [0.25, 0.3) is 0 Å². The van der Waals surface area contributed by atoms with E-state index in [9.17, 15) is 4.79 Å². The van der Waals surface area contributed by atoms with E-state index in [0.29, 0.717) is 12.3 Å². The molecule has 0 saturated heterocycles. The molecule has 94 valence electrons. The number of carbonyl (C=O) groups is 1. The zero-order chi connectivity index (χ0) is 13.0. The predicted octanol–water partition coefficient (Wildman–Crippen LogP) is 4.37. The number of hydrogen-bond donors (Lipinski definition) is 0. The van der Waals surface area contributed by atoms with Crippen molar-refractivity contribution in [1.29, 1.82) is 0 Å². The van der Waals surface area contributed by atoms with E-state index in [2.05, 4.69) is 26.0 Å². The fraction of sp³-hybridized carbons (Fsp3) is 0.312. The third-order valence-corrected chi connectivity index (χ3v) is 3.71. The Bertz CT molecular complexity index is 494. The van der Waals surface area contributed by atoms with Crippen LogP contribution >= 0.6 is 11.3 Å². The highest BCUT2D eigenvalue weighted by Crippen LogP contribution is 2.14. The molecular weight excluding hydrogens is 240 g/mol. The van der Waals surface area contributed by atoms with E-state index in [0.717, 1.165) is 16.9 Å². The maximum Gasteiger partial charge on any atom is 0.168 e. The first-order valence-electron chi connectivity index (χ1n) is 6.29. The van der Waals surface area contributed by atoms with E-state index in [4.69, 9.17) is 0 Å². The Morgan fingerprint density at radius 1 is 1.17 bits per heavy atom. The molecule has 0 radical (unpaired) electrons. The molecule has 1 nitrogen and oxygen atoms in total. The fourth-order valence-corrected chi connectivity index (χ4v) is 2.68. The van der Waals surface area contributed by atoms with Crippen LogP contribution in [0.4, 0.5) is 0 Å². The van der Waals surface area contributed by atoms with Crippen LogP contribution in [0.5, 0.6) is 0 Å². The molecule has 0 bridgehead atoms. The Morgan fingerprint density at radius 2 is 1.89 bits per heavy atom. The molecule has 0 aliphatic heterocycles. The maximum absolute atomic E-state index is 12.1. The second-order valence-electron chi connectivity index (χ2n) is 4.97. The Balaban J connectivity index is 2.03. The molecule has 2 rings (SSSR count). The van der Waals surface area contributed by atoms with E-state index in [1.54, 1.807) is 11.3 Å². The summed E-state index contributed by atoms with van der Waals surface area (Å²) in [4.78, 5) is 13.2. The zero-order valence-corrected chi connectivity index (χ0v) is 11.7. The minimum Gasteiger partial charge on any atom is -0.294 e. The summed E-state index contributed by atoms with van der Waals surface area (Å²) in [5, 5.41) is 2.01. The van der Waals surface area contributed by atoms with Gasteiger partial charge >= 0.3 is 0 Å². The molecule has 0 saturated carbocycles. The molecule has 0 N–H and O–H groups in total. The van der Waals surface area contributed by atoms with Crippen LogP contribution in [-0.4, -0.2) is 5.78 Å². The van der Waals surface area contributed by atoms with Crippen molar-refractivity contribution in [1.82, 2.24) is 0 Å². The minimum atomic E-state index is 0.202. The summed E-state index contributed by atoms with van der Waals surface area (Å²) in [6, 6.07) is 12.0. The van der Waals surface area contributed by atoms with Gasteiger partial charge in [0.05, 0.1) is 0 Å². The van der Waals surface area contributed by atoms with Crippen LogP contribution in [0.1, 0.15) is 34.6 Å². The van der Waals surface area contributed by atoms with Crippen LogP contribution < -0.4 is 0 Å². The SMILES string of the molecule is CC(C)Cc1ccc(C(=O)Cc2cccs2)cc1. The van der Waals surface area contributed by atoms with Crippen LogP contribution in [0.2, 0.25) is 0 Å². The number of thiophene rings is 1. The molecule has 2 heteroatoms. The first-order valence-corrected chi connectivity index (χ1v) is 7.17. The first kappa shape index (κ1) is 13.0. The average Bonchev–Trinajstić information content (AvgIpc) is 2.82. The smallest absolute Gasteiger partial charge is 0.168 e. The van der Waals surface area contributed by atoms with Crippen molar-refractivity contribution >= 4 is 17.1 Å². The molecule has 0 aliphatic carbocycles. The molecule has 0 amide bonds. The van der Waals surface area contributed by atoms with Crippen LogP contribution in [0.15, 0.2) is 41.8 Å². The lowest BCUT2D eigenvalue weighted by molar-refractivity contribution is 0.0994. The number of Topliss-reactive ketones (excluding diaryl/α,β-unsaturated/α-hetero) is 1. The van der Waals surface area contributed by atoms with Crippen LogP contribution in [-0.2, 0) is 12.8 Å². The summed E-state index contributed by atoms with van der Waals surface area (Å²) < 4.78 is 0. The van der Waals surface area contributed by atoms with Crippen LogP contribution in [0.3, 0.4) is 0 Å². The van der Waals surface area contributed by atoms with Gasteiger partial charge in [-0.25, -0.2) is 0 Å². The van der Waals surface area contributed by atoms with Gasteiger partial charge in [-0.15, -0.1) is 11.3 Å². The summed E-state index contributed by atoms with van der Waals surface area (Å²) in [7, 11) is 0. The predicted molar refractivity (Wildman–Crippen MR) is 77.3 cm³/mol. The van der Waals surface area contributed by atoms with Gasteiger partial charge < -0.3 is 0 Å². The molecule has 0 unspecified atom stereocenters. The maximum atomic E-state index is 12.1. The molecule has 0 atom stereocenters. The lowest BCUT2D eigenvalue weighted by Crippen LogP contribution is -2.02. The first-order chi connectivity index (χ1) is 8.65. The molecule has 0 aliphatic rings. The topological polar surface area (TPSA) is 17.1 Å². The van der Waals surface area contributed by atoms with Gasteiger partial charge in [-0.05, 0) is 29.3 Å². The van der Waals surface area contributed by atoms with Crippen molar-refractivity contribution in [2.24, 2.45) is 5.92 Å². The number of hydrogen-bond acceptors (Lipinski definition) is 2. The number of carbonyl (C=O) groups excluding carboxylic acids is 1. The van der Waals surface area contributed by atoms with Gasteiger partial charge in [0.1, 0.15) is 0 Å². The third-order valence-electron chi connectivity index (χ3n) is 2.83. The van der Waals surface area contributed by atoms with Crippen molar-refractivity contribution in [2.45, 2.75) is 26.7 Å². The van der Waals surface area contributed by atoms with Gasteiger partial charge in [-0.3, -0.25) is 4.79 Å². The molecule has 1 aromatic heterocycles. The van der Waals surface area contributed by atoms with Gasteiger partial charge in [-0.2, -0.15) is 0 Å². The average molecular weight is 258 g/mol. The Kier molecular flexibility index (Phi) is 4.32. The van der Waals surface area contributed by atoms with E-state index < -0.39 is 0 Å². The Morgan fingerprint density at radius 3 is 2.44 bits per heavy atom. The third kappa shape index (κ3) is 3.54. The van der Waals surface area contributed by atoms with E-state index in [1.165, 1.54) is 5.56 Å². The highest BCUT2D eigenvalue weighted by Gasteiger charge is 2.08. The van der Waals surface area contributed by atoms with E-state index in [-0.39, 0.29) is 5.78 Å². The summed E-state index contributed by atoms with van der Waals surface area (Å²) in [6.07, 6.45) is 1.58.